The van der Waals surface area contributed by atoms with Crippen molar-refractivity contribution in [2.24, 2.45) is 5.92 Å². The third kappa shape index (κ3) is 6.91. The van der Waals surface area contributed by atoms with Crippen molar-refractivity contribution in [3.63, 3.8) is 0 Å². The number of amides is 2. The van der Waals surface area contributed by atoms with E-state index in [1.165, 1.54) is 6.92 Å². The maximum Gasteiger partial charge on any atom is 0.272 e. The third-order valence-electron chi connectivity index (χ3n) is 4.12. The van der Waals surface area contributed by atoms with Crippen LogP contribution in [-0.4, -0.2) is 18.4 Å². The molecule has 0 spiro atoms. The van der Waals surface area contributed by atoms with Gasteiger partial charge in [0.15, 0.2) is 0 Å². The molecule has 148 valence electrons. The molecule has 0 saturated heterocycles. The molecule has 0 aromatic heterocycles. The number of ether oxygens (including phenoxy) is 1. The second-order valence-electron chi connectivity index (χ2n) is 7.11. The highest BCUT2D eigenvalue weighted by Crippen LogP contribution is 2.18. The van der Waals surface area contributed by atoms with Gasteiger partial charge in [-0.1, -0.05) is 38.1 Å². The molecule has 0 aliphatic carbocycles. The molecule has 2 amide bonds. The van der Waals surface area contributed by atoms with Gasteiger partial charge in [-0.05, 0) is 60.7 Å². The summed E-state index contributed by atoms with van der Waals surface area (Å²) in [5.41, 5.74) is 2.71. The van der Waals surface area contributed by atoms with E-state index in [1.54, 1.807) is 18.2 Å². The first-order valence-electron chi connectivity index (χ1n) is 9.44. The highest BCUT2D eigenvalue weighted by molar-refractivity contribution is 6.08. The van der Waals surface area contributed by atoms with Crippen LogP contribution in [0.15, 0.2) is 54.2 Å². The van der Waals surface area contributed by atoms with Crippen molar-refractivity contribution in [1.82, 2.24) is 5.32 Å². The first-order valence-corrected chi connectivity index (χ1v) is 9.44. The molecule has 0 heterocycles. The van der Waals surface area contributed by atoms with Crippen LogP contribution in [0.4, 0.5) is 5.69 Å². The van der Waals surface area contributed by atoms with Crippen molar-refractivity contribution in [3.05, 3.63) is 65.4 Å². The molecule has 5 nitrogen and oxygen atoms in total. The minimum absolute atomic E-state index is 0.194. The molecule has 2 aromatic carbocycles. The summed E-state index contributed by atoms with van der Waals surface area (Å²) >= 11 is 0. The fourth-order valence-corrected chi connectivity index (χ4v) is 2.50. The van der Waals surface area contributed by atoms with E-state index < -0.39 is 0 Å². The van der Waals surface area contributed by atoms with Crippen LogP contribution in [0, 0.1) is 12.8 Å². The lowest BCUT2D eigenvalue weighted by Crippen LogP contribution is -2.29. The van der Waals surface area contributed by atoms with Gasteiger partial charge in [-0.25, -0.2) is 0 Å². The zero-order chi connectivity index (χ0) is 20.5. The molecule has 0 radical (unpaired) electrons. The largest absolute Gasteiger partial charge is 0.494 e. The number of benzene rings is 2. The number of carbonyl (C=O) groups excluding carboxylic acids is 2. The normalized spacial score (nSPS) is 11.2. The molecule has 0 saturated carbocycles. The van der Waals surface area contributed by atoms with Crippen LogP contribution in [0.5, 0.6) is 5.75 Å². The van der Waals surface area contributed by atoms with Crippen molar-refractivity contribution in [1.29, 1.82) is 0 Å². The molecule has 0 aliphatic rings. The van der Waals surface area contributed by atoms with Crippen molar-refractivity contribution >= 4 is 23.6 Å². The van der Waals surface area contributed by atoms with Crippen LogP contribution in [-0.2, 0) is 9.59 Å². The predicted octanol–water partition coefficient (Wildman–Crippen LogP) is 4.54. The lowest BCUT2D eigenvalue weighted by atomic mass is 10.1. The second-order valence-corrected chi connectivity index (χ2v) is 7.11. The molecule has 0 atom stereocenters. The summed E-state index contributed by atoms with van der Waals surface area (Å²) in [6.07, 6.45) is 2.66. The number of nitrogens with one attached hydrogen (secondary N) is 2. The Morgan fingerprint density at radius 1 is 1.07 bits per heavy atom. The van der Waals surface area contributed by atoms with Gasteiger partial charge in [0.2, 0.25) is 5.91 Å². The summed E-state index contributed by atoms with van der Waals surface area (Å²) in [4.78, 5) is 24.2. The fourth-order valence-electron chi connectivity index (χ4n) is 2.50. The molecule has 0 unspecified atom stereocenters. The SMILES string of the molecule is CC(=O)N/C(=C\c1ccccc1C)C(=O)Nc1ccc(OCCC(C)C)cc1. The van der Waals surface area contributed by atoms with Crippen molar-refractivity contribution in [2.45, 2.75) is 34.1 Å². The van der Waals surface area contributed by atoms with Gasteiger partial charge in [-0.3, -0.25) is 9.59 Å². The number of carbonyl (C=O) groups is 2. The Hall–Kier alpha value is -3.08. The maximum absolute atomic E-state index is 12.7. The van der Waals surface area contributed by atoms with Gasteiger partial charge >= 0.3 is 0 Å². The third-order valence-corrected chi connectivity index (χ3v) is 4.12. The summed E-state index contributed by atoms with van der Waals surface area (Å²) in [7, 11) is 0. The predicted molar refractivity (Wildman–Crippen MR) is 113 cm³/mol. The summed E-state index contributed by atoms with van der Waals surface area (Å²) < 4.78 is 5.69. The van der Waals surface area contributed by atoms with E-state index in [9.17, 15) is 9.59 Å². The van der Waals surface area contributed by atoms with Gasteiger partial charge in [-0.15, -0.1) is 0 Å². The zero-order valence-corrected chi connectivity index (χ0v) is 16.9. The Morgan fingerprint density at radius 2 is 1.75 bits per heavy atom. The maximum atomic E-state index is 12.7. The van der Waals surface area contributed by atoms with Gasteiger partial charge in [0.05, 0.1) is 6.61 Å². The van der Waals surface area contributed by atoms with Crippen molar-refractivity contribution in [2.75, 3.05) is 11.9 Å². The first kappa shape index (κ1) is 21.2. The van der Waals surface area contributed by atoms with Gasteiger partial charge in [0.1, 0.15) is 11.4 Å². The van der Waals surface area contributed by atoms with E-state index in [4.69, 9.17) is 4.74 Å². The number of rotatable bonds is 8. The minimum atomic E-state index is -0.382. The summed E-state index contributed by atoms with van der Waals surface area (Å²) in [6, 6.07) is 14.9. The molecule has 5 heteroatoms. The summed E-state index contributed by atoms with van der Waals surface area (Å²) in [5.74, 6) is 0.665. The average molecular weight is 380 g/mol. The van der Waals surface area contributed by atoms with Crippen LogP contribution >= 0.6 is 0 Å². The molecular weight excluding hydrogens is 352 g/mol. The minimum Gasteiger partial charge on any atom is -0.494 e. The summed E-state index contributed by atoms with van der Waals surface area (Å²) in [5, 5.41) is 5.42. The topological polar surface area (TPSA) is 67.4 Å². The molecule has 2 rings (SSSR count). The van der Waals surface area contributed by atoms with Gasteiger partial charge in [0.25, 0.3) is 5.91 Å². The van der Waals surface area contributed by atoms with Gasteiger partial charge in [-0.2, -0.15) is 0 Å². The quantitative estimate of drug-likeness (QED) is 0.661. The lowest BCUT2D eigenvalue weighted by Gasteiger charge is -2.12. The van der Waals surface area contributed by atoms with Crippen molar-refractivity contribution in [3.8, 4) is 5.75 Å². The van der Waals surface area contributed by atoms with Crippen LogP contribution in [0.25, 0.3) is 6.08 Å². The average Bonchev–Trinajstić information content (AvgIpc) is 2.63. The molecular formula is C23H28N2O3. The van der Waals surface area contributed by atoms with Crippen LogP contribution in [0.3, 0.4) is 0 Å². The smallest absolute Gasteiger partial charge is 0.272 e. The number of hydrogen-bond donors (Lipinski definition) is 2. The second kappa shape index (κ2) is 10.3. The van der Waals surface area contributed by atoms with Crippen LogP contribution in [0.2, 0.25) is 0 Å². The van der Waals surface area contributed by atoms with Gasteiger partial charge < -0.3 is 15.4 Å². The Labute approximate surface area is 166 Å². The number of aryl methyl sites for hydroxylation is 1. The Balaban J connectivity index is 2.09. The molecule has 28 heavy (non-hydrogen) atoms. The Morgan fingerprint density at radius 3 is 2.36 bits per heavy atom. The van der Waals surface area contributed by atoms with Crippen molar-refractivity contribution < 1.29 is 14.3 Å². The molecule has 0 aliphatic heterocycles. The van der Waals surface area contributed by atoms with E-state index in [-0.39, 0.29) is 17.5 Å². The summed E-state index contributed by atoms with van der Waals surface area (Å²) in [6.45, 7) is 8.29. The van der Waals surface area contributed by atoms with E-state index in [0.29, 0.717) is 18.2 Å². The van der Waals surface area contributed by atoms with Crippen LogP contribution < -0.4 is 15.4 Å². The van der Waals surface area contributed by atoms with E-state index in [2.05, 4.69) is 24.5 Å². The highest BCUT2D eigenvalue weighted by atomic mass is 16.5. The lowest BCUT2D eigenvalue weighted by molar-refractivity contribution is -0.120. The van der Waals surface area contributed by atoms with E-state index in [1.807, 2.05) is 43.3 Å². The Kier molecular flexibility index (Phi) is 7.81. The molecule has 2 N–H and O–H groups in total. The first-order chi connectivity index (χ1) is 13.3. The zero-order valence-electron chi connectivity index (χ0n) is 16.9. The Bertz CT molecular complexity index is 839. The molecule has 0 bridgehead atoms. The van der Waals surface area contributed by atoms with Crippen LogP contribution in [0.1, 0.15) is 38.3 Å². The molecule has 0 fully saturated rings. The fraction of sp³-hybridized carbons (Fsp3) is 0.304. The highest BCUT2D eigenvalue weighted by Gasteiger charge is 2.12. The standard InChI is InChI=1S/C23H28N2O3/c1-16(2)13-14-28-21-11-9-20(10-12-21)25-23(27)22(24-18(4)26)15-19-8-6-5-7-17(19)3/h5-12,15-16H,13-14H2,1-4H3,(H,24,26)(H,25,27)/b22-15-. The molecule has 2 aromatic rings. The van der Waals surface area contributed by atoms with E-state index in [0.717, 1.165) is 23.3 Å². The van der Waals surface area contributed by atoms with E-state index >= 15 is 0 Å². The monoisotopic (exact) mass is 380 g/mol. The number of anilines is 1. The van der Waals surface area contributed by atoms with Gasteiger partial charge in [0, 0.05) is 12.6 Å². The number of hydrogen-bond acceptors (Lipinski definition) is 3.